The van der Waals surface area contributed by atoms with E-state index in [1.165, 1.54) is 6.08 Å². The van der Waals surface area contributed by atoms with Crippen LogP contribution in [0.4, 0.5) is 0 Å². The average molecular weight is 200 g/mol. The van der Waals surface area contributed by atoms with Crippen LogP contribution in [0.5, 0.6) is 0 Å². The van der Waals surface area contributed by atoms with Gasteiger partial charge in [0.25, 0.3) is 0 Å². The van der Waals surface area contributed by atoms with Crippen molar-refractivity contribution in [1.29, 1.82) is 0 Å². The molecule has 0 amide bonds. The average Bonchev–Trinajstić information content (AvgIpc) is 2.17. The van der Waals surface area contributed by atoms with Gasteiger partial charge in [0, 0.05) is 6.61 Å². The van der Waals surface area contributed by atoms with E-state index in [1.807, 2.05) is 0 Å². The molecule has 0 fully saturated rings. The molecule has 0 aromatic rings. The fraction of sp³-hybridized carbons (Fsp3) is 0.727. The Bertz CT molecular complexity index is 189. The fourth-order valence-electron chi connectivity index (χ4n) is 1.25. The molecule has 1 unspecified atom stereocenters. The van der Waals surface area contributed by atoms with Gasteiger partial charge in [-0.3, -0.25) is 4.79 Å². The zero-order chi connectivity index (χ0) is 11.0. The van der Waals surface area contributed by atoms with Crippen molar-refractivity contribution < 1.29 is 15.0 Å². The summed E-state index contributed by atoms with van der Waals surface area (Å²) in [4.78, 5) is 10.9. The van der Waals surface area contributed by atoms with Crippen LogP contribution >= 0.6 is 0 Å². The van der Waals surface area contributed by atoms with Gasteiger partial charge in [0.2, 0.25) is 0 Å². The lowest BCUT2D eigenvalue weighted by atomic mass is 9.85. The Hall–Kier alpha value is -0.830. The van der Waals surface area contributed by atoms with Crippen LogP contribution in [0.25, 0.3) is 0 Å². The van der Waals surface area contributed by atoms with E-state index in [2.05, 4.69) is 6.58 Å². The highest BCUT2D eigenvalue weighted by atomic mass is 16.4. The predicted octanol–water partition coefficient (Wildman–Crippen LogP) is 2.21. The van der Waals surface area contributed by atoms with Crippen LogP contribution in [0.15, 0.2) is 12.7 Å². The molecule has 0 saturated heterocycles. The lowest BCUT2D eigenvalue weighted by Crippen LogP contribution is -2.24. The Morgan fingerprint density at radius 2 is 1.93 bits per heavy atom. The number of aliphatic hydroxyl groups excluding tert-OH is 1. The normalized spacial score (nSPS) is 14.7. The standard InChI is InChI=1S/C11H20O3/c1-3-11(2,10(13)14)8-6-4-5-7-9-12/h3,12H,1,4-9H2,2H3,(H,13,14). The van der Waals surface area contributed by atoms with E-state index in [0.29, 0.717) is 6.42 Å². The van der Waals surface area contributed by atoms with Gasteiger partial charge >= 0.3 is 5.97 Å². The third-order valence-corrected chi connectivity index (χ3v) is 2.54. The molecular weight excluding hydrogens is 180 g/mol. The van der Waals surface area contributed by atoms with Crippen molar-refractivity contribution in [3.05, 3.63) is 12.7 Å². The molecule has 0 aliphatic heterocycles. The van der Waals surface area contributed by atoms with Gasteiger partial charge in [-0.1, -0.05) is 25.3 Å². The van der Waals surface area contributed by atoms with Crippen LogP contribution in [0.3, 0.4) is 0 Å². The molecule has 0 aromatic heterocycles. The van der Waals surface area contributed by atoms with Crippen molar-refractivity contribution in [2.45, 2.75) is 39.0 Å². The Morgan fingerprint density at radius 1 is 1.36 bits per heavy atom. The Labute approximate surface area is 85.4 Å². The zero-order valence-electron chi connectivity index (χ0n) is 8.83. The summed E-state index contributed by atoms with van der Waals surface area (Å²) in [5.74, 6) is -0.811. The summed E-state index contributed by atoms with van der Waals surface area (Å²) in [5, 5.41) is 17.5. The summed E-state index contributed by atoms with van der Waals surface area (Å²) >= 11 is 0. The molecule has 0 aliphatic carbocycles. The SMILES string of the molecule is C=CC(C)(CCCCCCO)C(=O)O. The summed E-state index contributed by atoms with van der Waals surface area (Å²) in [5.41, 5.74) is -0.792. The first-order valence-corrected chi connectivity index (χ1v) is 5.04. The van der Waals surface area contributed by atoms with Crippen LogP contribution in [-0.4, -0.2) is 22.8 Å². The zero-order valence-corrected chi connectivity index (χ0v) is 8.83. The lowest BCUT2D eigenvalue weighted by molar-refractivity contribution is -0.145. The largest absolute Gasteiger partial charge is 0.481 e. The van der Waals surface area contributed by atoms with E-state index in [4.69, 9.17) is 10.2 Å². The second kappa shape index (κ2) is 6.60. The highest BCUT2D eigenvalue weighted by Gasteiger charge is 2.28. The van der Waals surface area contributed by atoms with E-state index < -0.39 is 11.4 Å². The summed E-state index contributed by atoms with van der Waals surface area (Å²) < 4.78 is 0. The van der Waals surface area contributed by atoms with Gasteiger partial charge in [-0.15, -0.1) is 6.58 Å². The first-order chi connectivity index (χ1) is 6.56. The number of unbranched alkanes of at least 4 members (excludes halogenated alkanes) is 3. The third kappa shape index (κ3) is 4.42. The molecule has 0 aliphatic rings. The van der Waals surface area contributed by atoms with Gasteiger partial charge in [0.15, 0.2) is 0 Å². The van der Waals surface area contributed by atoms with E-state index >= 15 is 0 Å². The number of carboxylic acid groups (broad SMARTS) is 1. The first kappa shape index (κ1) is 13.2. The molecule has 0 bridgehead atoms. The summed E-state index contributed by atoms with van der Waals surface area (Å²) in [6, 6.07) is 0. The molecule has 0 radical (unpaired) electrons. The number of rotatable bonds is 8. The maximum atomic E-state index is 10.9. The van der Waals surface area contributed by atoms with Crippen LogP contribution in [0.2, 0.25) is 0 Å². The van der Waals surface area contributed by atoms with Gasteiger partial charge < -0.3 is 10.2 Å². The topological polar surface area (TPSA) is 57.5 Å². The number of hydrogen-bond acceptors (Lipinski definition) is 2. The lowest BCUT2D eigenvalue weighted by Gasteiger charge is -2.19. The van der Waals surface area contributed by atoms with Crippen molar-refractivity contribution in [1.82, 2.24) is 0 Å². The van der Waals surface area contributed by atoms with Gasteiger partial charge in [-0.05, 0) is 19.8 Å². The molecule has 14 heavy (non-hydrogen) atoms. The van der Waals surface area contributed by atoms with E-state index in [-0.39, 0.29) is 6.61 Å². The Kier molecular flexibility index (Phi) is 6.21. The molecule has 0 spiro atoms. The molecule has 82 valence electrons. The van der Waals surface area contributed by atoms with Crippen molar-refractivity contribution in [2.24, 2.45) is 5.41 Å². The fourth-order valence-corrected chi connectivity index (χ4v) is 1.25. The van der Waals surface area contributed by atoms with E-state index in [1.54, 1.807) is 6.92 Å². The number of aliphatic hydroxyl groups is 1. The van der Waals surface area contributed by atoms with Gasteiger partial charge in [0.05, 0.1) is 5.41 Å². The predicted molar refractivity (Wildman–Crippen MR) is 56.1 cm³/mol. The quantitative estimate of drug-likeness (QED) is 0.466. The number of carbonyl (C=O) groups is 1. The van der Waals surface area contributed by atoms with Crippen LogP contribution < -0.4 is 0 Å². The van der Waals surface area contributed by atoms with Crippen molar-refractivity contribution in [3.8, 4) is 0 Å². The number of aliphatic carboxylic acids is 1. The Balaban J connectivity index is 3.74. The first-order valence-electron chi connectivity index (χ1n) is 5.04. The molecule has 0 rings (SSSR count). The smallest absolute Gasteiger partial charge is 0.313 e. The van der Waals surface area contributed by atoms with E-state index in [0.717, 1.165) is 25.7 Å². The summed E-state index contributed by atoms with van der Waals surface area (Å²) in [6.07, 6.45) is 5.73. The highest BCUT2D eigenvalue weighted by molar-refractivity contribution is 5.76. The minimum absolute atomic E-state index is 0.220. The monoisotopic (exact) mass is 200 g/mol. The molecule has 3 heteroatoms. The van der Waals surface area contributed by atoms with Gasteiger partial charge in [-0.2, -0.15) is 0 Å². The van der Waals surface area contributed by atoms with Crippen molar-refractivity contribution in [3.63, 3.8) is 0 Å². The van der Waals surface area contributed by atoms with Crippen molar-refractivity contribution >= 4 is 5.97 Å². The molecule has 1 atom stereocenters. The maximum Gasteiger partial charge on any atom is 0.313 e. The van der Waals surface area contributed by atoms with Gasteiger partial charge in [-0.25, -0.2) is 0 Å². The number of carboxylic acids is 1. The van der Waals surface area contributed by atoms with Crippen LogP contribution in [0.1, 0.15) is 39.0 Å². The molecular formula is C11H20O3. The summed E-state index contributed by atoms with van der Waals surface area (Å²) in [6.45, 7) is 5.46. The second-order valence-corrected chi connectivity index (χ2v) is 3.81. The molecule has 0 saturated carbocycles. The molecule has 2 N–H and O–H groups in total. The Morgan fingerprint density at radius 3 is 2.36 bits per heavy atom. The van der Waals surface area contributed by atoms with Gasteiger partial charge in [0.1, 0.15) is 0 Å². The van der Waals surface area contributed by atoms with E-state index in [9.17, 15) is 4.79 Å². The minimum atomic E-state index is -0.811. The molecule has 3 nitrogen and oxygen atoms in total. The van der Waals surface area contributed by atoms with Crippen molar-refractivity contribution in [2.75, 3.05) is 6.61 Å². The number of hydrogen-bond donors (Lipinski definition) is 2. The third-order valence-electron chi connectivity index (χ3n) is 2.54. The summed E-state index contributed by atoms with van der Waals surface area (Å²) in [7, 11) is 0. The molecule has 0 heterocycles. The van der Waals surface area contributed by atoms with Crippen LogP contribution in [0, 0.1) is 5.41 Å². The second-order valence-electron chi connectivity index (χ2n) is 3.81. The van der Waals surface area contributed by atoms with Crippen LogP contribution in [-0.2, 0) is 4.79 Å². The minimum Gasteiger partial charge on any atom is -0.481 e. The molecule has 0 aromatic carbocycles. The highest BCUT2D eigenvalue weighted by Crippen LogP contribution is 2.26. The maximum absolute atomic E-state index is 10.9.